The molecule has 2 fully saturated rings. The van der Waals surface area contributed by atoms with E-state index in [4.69, 9.17) is 5.73 Å². The van der Waals surface area contributed by atoms with Gasteiger partial charge in [0.15, 0.2) is 0 Å². The standard InChI is InChI=1S/C11H18N2O/c1-9-3-2-6-13(7-9)10(14)11(8-12)4-5-11/h1-8,12H2. The minimum Gasteiger partial charge on any atom is -0.338 e. The van der Waals surface area contributed by atoms with E-state index in [2.05, 4.69) is 6.58 Å². The van der Waals surface area contributed by atoms with Gasteiger partial charge in [-0.1, -0.05) is 12.2 Å². The molecule has 1 saturated carbocycles. The Morgan fingerprint density at radius 3 is 2.79 bits per heavy atom. The Bertz CT molecular complexity index is 268. The molecule has 1 aliphatic heterocycles. The van der Waals surface area contributed by atoms with E-state index >= 15 is 0 Å². The van der Waals surface area contributed by atoms with Gasteiger partial charge in [0.25, 0.3) is 0 Å². The molecule has 14 heavy (non-hydrogen) atoms. The number of nitrogens with two attached hydrogens (primary N) is 1. The highest BCUT2D eigenvalue weighted by molar-refractivity contribution is 5.86. The normalized spacial score (nSPS) is 24.9. The Hall–Kier alpha value is -0.830. The second kappa shape index (κ2) is 3.39. The first-order chi connectivity index (χ1) is 6.68. The maximum absolute atomic E-state index is 12.1. The number of amides is 1. The molecule has 2 rings (SSSR count). The highest BCUT2D eigenvalue weighted by atomic mass is 16.2. The highest BCUT2D eigenvalue weighted by Crippen LogP contribution is 2.46. The third-order valence-corrected chi connectivity index (χ3v) is 3.36. The van der Waals surface area contributed by atoms with E-state index in [9.17, 15) is 4.79 Å². The summed E-state index contributed by atoms with van der Waals surface area (Å²) in [6, 6.07) is 0. The minimum absolute atomic E-state index is 0.183. The Morgan fingerprint density at radius 2 is 2.29 bits per heavy atom. The molecule has 3 heteroatoms. The van der Waals surface area contributed by atoms with E-state index in [-0.39, 0.29) is 11.3 Å². The number of likely N-dealkylation sites (tertiary alicyclic amines) is 1. The molecular formula is C11H18N2O. The summed E-state index contributed by atoms with van der Waals surface area (Å²) in [4.78, 5) is 14.0. The molecule has 2 aliphatic rings. The molecule has 0 atom stereocenters. The van der Waals surface area contributed by atoms with Gasteiger partial charge < -0.3 is 10.6 Å². The second-order valence-electron chi connectivity index (χ2n) is 4.56. The van der Waals surface area contributed by atoms with Gasteiger partial charge in [-0.2, -0.15) is 0 Å². The van der Waals surface area contributed by atoms with Crippen molar-refractivity contribution in [2.24, 2.45) is 11.1 Å². The summed E-state index contributed by atoms with van der Waals surface area (Å²) in [5, 5.41) is 0. The van der Waals surface area contributed by atoms with Gasteiger partial charge in [-0.25, -0.2) is 0 Å². The lowest BCUT2D eigenvalue weighted by Crippen LogP contribution is -2.43. The fourth-order valence-corrected chi connectivity index (χ4v) is 2.11. The van der Waals surface area contributed by atoms with Gasteiger partial charge in [0.05, 0.1) is 5.41 Å². The van der Waals surface area contributed by atoms with Crippen molar-refractivity contribution >= 4 is 5.91 Å². The van der Waals surface area contributed by atoms with Crippen LogP contribution in [0.25, 0.3) is 0 Å². The number of hydrogen-bond donors (Lipinski definition) is 1. The van der Waals surface area contributed by atoms with Crippen LogP contribution in [0.2, 0.25) is 0 Å². The third kappa shape index (κ3) is 1.57. The summed E-state index contributed by atoms with van der Waals surface area (Å²) in [6.45, 7) is 6.10. The molecule has 0 unspecified atom stereocenters. The van der Waals surface area contributed by atoms with Crippen LogP contribution in [-0.2, 0) is 4.79 Å². The van der Waals surface area contributed by atoms with Crippen LogP contribution in [0.3, 0.4) is 0 Å². The predicted octanol–water partition coefficient (Wildman–Crippen LogP) is 0.904. The van der Waals surface area contributed by atoms with Gasteiger partial charge in [-0.3, -0.25) is 4.79 Å². The van der Waals surface area contributed by atoms with Crippen molar-refractivity contribution in [2.75, 3.05) is 19.6 Å². The summed E-state index contributed by atoms with van der Waals surface area (Å²) in [5.74, 6) is 0.265. The molecule has 0 aromatic carbocycles. The molecular weight excluding hydrogens is 176 g/mol. The molecule has 1 heterocycles. The minimum atomic E-state index is -0.183. The lowest BCUT2D eigenvalue weighted by molar-refractivity contribution is -0.136. The molecule has 1 aliphatic carbocycles. The average Bonchev–Trinajstić information content (AvgIpc) is 2.97. The Kier molecular flexibility index (Phi) is 2.35. The summed E-state index contributed by atoms with van der Waals surface area (Å²) in [6.07, 6.45) is 4.08. The number of piperidine rings is 1. The molecule has 0 spiro atoms. The molecule has 3 nitrogen and oxygen atoms in total. The lowest BCUT2D eigenvalue weighted by atomic mass is 10.0. The van der Waals surface area contributed by atoms with Gasteiger partial charge in [0.2, 0.25) is 5.91 Å². The number of carbonyl (C=O) groups excluding carboxylic acids is 1. The van der Waals surface area contributed by atoms with Crippen LogP contribution >= 0.6 is 0 Å². The largest absolute Gasteiger partial charge is 0.338 e. The molecule has 1 amide bonds. The summed E-state index contributed by atoms with van der Waals surface area (Å²) >= 11 is 0. The van der Waals surface area contributed by atoms with Crippen molar-refractivity contribution in [1.82, 2.24) is 4.90 Å². The van der Waals surface area contributed by atoms with E-state index in [1.807, 2.05) is 4.90 Å². The Morgan fingerprint density at radius 1 is 1.57 bits per heavy atom. The zero-order chi connectivity index (χ0) is 10.2. The van der Waals surface area contributed by atoms with Crippen LogP contribution in [0.15, 0.2) is 12.2 Å². The first-order valence-corrected chi connectivity index (χ1v) is 5.34. The Labute approximate surface area is 84.9 Å². The van der Waals surface area contributed by atoms with E-state index in [1.54, 1.807) is 0 Å². The van der Waals surface area contributed by atoms with Crippen LogP contribution in [0.5, 0.6) is 0 Å². The topological polar surface area (TPSA) is 46.3 Å². The van der Waals surface area contributed by atoms with Crippen LogP contribution in [0, 0.1) is 5.41 Å². The number of rotatable bonds is 2. The first-order valence-electron chi connectivity index (χ1n) is 5.34. The smallest absolute Gasteiger partial charge is 0.230 e. The number of hydrogen-bond acceptors (Lipinski definition) is 2. The van der Waals surface area contributed by atoms with Crippen LogP contribution in [0.4, 0.5) is 0 Å². The molecule has 1 saturated heterocycles. The van der Waals surface area contributed by atoms with Gasteiger partial charge in [0.1, 0.15) is 0 Å². The predicted molar refractivity (Wildman–Crippen MR) is 55.7 cm³/mol. The van der Waals surface area contributed by atoms with E-state index < -0.39 is 0 Å². The van der Waals surface area contributed by atoms with Gasteiger partial charge in [-0.05, 0) is 25.7 Å². The van der Waals surface area contributed by atoms with Crippen molar-refractivity contribution in [1.29, 1.82) is 0 Å². The number of nitrogens with zero attached hydrogens (tertiary/aromatic N) is 1. The fraction of sp³-hybridized carbons (Fsp3) is 0.727. The summed E-state index contributed by atoms with van der Waals surface area (Å²) in [5.41, 5.74) is 6.64. The van der Waals surface area contributed by atoms with Crippen LogP contribution in [0.1, 0.15) is 25.7 Å². The molecule has 0 aromatic heterocycles. The van der Waals surface area contributed by atoms with Gasteiger partial charge >= 0.3 is 0 Å². The fourth-order valence-electron chi connectivity index (χ4n) is 2.11. The lowest BCUT2D eigenvalue weighted by Gasteiger charge is -2.31. The number of carbonyl (C=O) groups is 1. The highest BCUT2D eigenvalue weighted by Gasteiger charge is 2.50. The zero-order valence-corrected chi connectivity index (χ0v) is 8.59. The second-order valence-corrected chi connectivity index (χ2v) is 4.56. The monoisotopic (exact) mass is 194 g/mol. The quantitative estimate of drug-likeness (QED) is 0.664. The SMILES string of the molecule is C=C1CCCN(C(=O)C2(CN)CC2)C1. The van der Waals surface area contributed by atoms with Crippen molar-refractivity contribution < 1.29 is 4.79 Å². The van der Waals surface area contributed by atoms with Crippen LogP contribution in [-0.4, -0.2) is 30.4 Å². The molecule has 0 radical (unpaired) electrons. The Balaban J connectivity index is 2.00. The molecule has 0 aromatic rings. The van der Waals surface area contributed by atoms with Crippen molar-refractivity contribution in [3.63, 3.8) is 0 Å². The van der Waals surface area contributed by atoms with Crippen molar-refractivity contribution in [3.8, 4) is 0 Å². The molecule has 0 bridgehead atoms. The van der Waals surface area contributed by atoms with E-state index in [1.165, 1.54) is 5.57 Å². The molecule has 78 valence electrons. The van der Waals surface area contributed by atoms with Crippen molar-refractivity contribution in [2.45, 2.75) is 25.7 Å². The van der Waals surface area contributed by atoms with E-state index in [0.29, 0.717) is 6.54 Å². The first kappa shape index (κ1) is 9.71. The van der Waals surface area contributed by atoms with Crippen LogP contribution < -0.4 is 5.73 Å². The summed E-state index contributed by atoms with van der Waals surface area (Å²) < 4.78 is 0. The average molecular weight is 194 g/mol. The summed E-state index contributed by atoms with van der Waals surface area (Å²) in [7, 11) is 0. The maximum Gasteiger partial charge on any atom is 0.230 e. The zero-order valence-electron chi connectivity index (χ0n) is 8.59. The molecule has 2 N–H and O–H groups in total. The third-order valence-electron chi connectivity index (χ3n) is 3.36. The van der Waals surface area contributed by atoms with Gasteiger partial charge in [0, 0.05) is 19.6 Å². The van der Waals surface area contributed by atoms with Gasteiger partial charge in [-0.15, -0.1) is 0 Å². The van der Waals surface area contributed by atoms with Crippen molar-refractivity contribution in [3.05, 3.63) is 12.2 Å². The maximum atomic E-state index is 12.1. The van der Waals surface area contributed by atoms with E-state index in [0.717, 1.165) is 38.8 Å².